The molecule has 0 amide bonds. The Hall–Kier alpha value is -2.17. The monoisotopic (exact) mass is 220 g/mol. The molecule has 82 valence electrons. The molecule has 0 aliphatic carbocycles. The number of aromatic amines is 1. The van der Waals surface area contributed by atoms with Gasteiger partial charge in [-0.1, -0.05) is 12.1 Å². The van der Waals surface area contributed by atoms with Crippen LogP contribution in [0.1, 0.15) is 16.1 Å². The van der Waals surface area contributed by atoms with Crippen molar-refractivity contribution in [2.75, 3.05) is 0 Å². The lowest BCUT2D eigenvalue weighted by molar-refractivity contribution is 0.0690. The highest BCUT2D eigenvalue weighted by molar-refractivity contribution is 5.86. The van der Waals surface area contributed by atoms with E-state index >= 15 is 0 Å². The van der Waals surface area contributed by atoms with Crippen LogP contribution < -0.4 is 0 Å². The van der Waals surface area contributed by atoms with Gasteiger partial charge in [0.05, 0.1) is 5.69 Å². The van der Waals surface area contributed by atoms with E-state index < -0.39 is 5.97 Å². The zero-order valence-corrected chi connectivity index (χ0v) is 8.49. The average Bonchev–Trinajstić information content (AvgIpc) is 2.71. The summed E-state index contributed by atoms with van der Waals surface area (Å²) in [6.07, 6.45) is 0. The van der Waals surface area contributed by atoms with E-state index in [1.807, 2.05) is 0 Å². The van der Waals surface area contributed by atoms with Crippen LogP contribution >= 0.6 is 0 Å². The zero-order valence-electron chi connectivity index (χ0n) is 8.49. The summed E-state index contributed by atoms with van der Waals surface area (Å²) < 4.78 is 13.3. The van der Waals surface area contributed by atoms with Gasteiger partial charge in [0, 0.05) is 5.56 Å². The van der Waals surface area contributed by atoms with Crippen molar-refractivity contribution < 1.29 is 14.3 Å². The minimum Gasteiger partial charge on any atom is -0.477 e. The topological polar surface area (TPSA) is 66.0 Å². The van der Waals surface area contributed by atoms with Gasteiger partial charge in [-0.3, -0.25) is 5.10 Å². The van der Waals surface area contributed by atoms with Crippen molar-refractivity contribution in [3.8, 4) is 11.3 Å². The lowest BCUT2D eigenvalue weighted by Gasteiger charge is -1.98. The van der Waals surface area contributed by atoms with Gasteiger partial charge in [-0.15, -0.1) is 0 Å². The van der Waals surface area contributed by atoms with Crippen molar-refractivity contribution in [2.24, 2.45) is 0 Å². The number of hydrogen-bond acceptors (Lipinski definition) is 2. The molecule has 4 nitrogen and oxygen atoms in total. The number of hydrogen-bond donors (Lipinski definition) is 2. The summed E-state index contributed by atoms with van der Waals surface area (Å²) in [6.45, 7) is 1.66. The first-order chi connectivity index (χ1) is 7.58. The first-order valence-electron chi connectivity index (χ1n) is 4.63. The van der Waals surface area contributed by atoms with Gasteiger partial charge in [-0.05, 0) is 24.6 Å². The maximum Gasteiger partial charge on any atom is 0.353 e. The molecule has 0 aliphatic heterocycles. The number of carboxylic acid groups (broad SMARTS) is 1. The Bertz CT molecular complexity index is 549. The van der Waals surface area contributed by atoms with Crippen LogP contribution in [-0.2, 0) is 0 Å². The second kappa shape index (κ2) is 3.77. The number of nitrogens with zero attached hydrogens (tertiary/aromatic N) is 1. The fourth-order valence-corrected chi connectivity index (χ4v) is 1.33. The number of benzene rings is 1. The molecule has 2 rings (SSSR count). The number of nitrogens with one attached hydrogen (secondary N) is 1. The Morgan fingerprint density at radius 3 is 2.75 bits per heavy atom. The summed E-state index contributed by atoms with van der Waals surface area (Å²) in [7, 11) is 0. The van der Waals surface area contributed by atoms with Gasteiger partial charge < -0.3 is 5.11 Å². The van der Waals surface area contributed by atoms with Crippen molar-refractivity contribution in [3.05, 3.63) is 41.3 Å². The molecular formula is C11H9FN2O2. The molecule has 0 bridgehead atoms. The van der Waals surface area contributed by atoms with E-state index in [1.54, 1.807) is 19.1 Å². The summed E-state index contributed by atoms with van der Waals surface area (Å²) >= 11 is 0. The molecule has 0 radical (unpaired) electrons. The molecule has 2 aromatic rings. The molecule has 0 saturated heterocycles. The molecule has 0 atom stereocenters. The fraction of sp³-hybridized carbons (Fsp3) is 0.0909. The molecule has 1 heterocycles. The van der Waals surface area contributed by atoms with Crippen molar-refractivity contribution in [3.63, 3.8) is 0 Å². The van der Waals surface area contributed by atoms with Crippen LogP contribution in [0.4, 0.5) is 4.39 Å². The molecule has 1 aromatic heterocycles. The predicted octanol–water partition coefficient (Wildman–Crippen LogP) is 2.22. The van der Waals surface area contributed by atoms with Crippen LogP contribution in [0, 0.1) is 12.7 Å². The van der Waals surface area contributed by atoms with Gasteiger partial charge in [0.25, 0.3) is 0 Å². The van der Waals surface area contributed by atoms with Crippen molar-refractivity contribution in [1.29, 1.82) is 0 Å². The minimum atomic E-state index is -1.09. The molecule has 0 unspecified atom stereocenters. The first-order valence-corrected chi connectivity index (χ1v) is 4.63. The lowest BCUT2D eigenvalue weighted by Crippen LogP contribution is -1.95. The third-order valence-electron chi connectivity index (χ3n) is 2.28. The highest BCUT2D eigenvalue weighted by Crippen LogP contribution is 2.20. The van der Waals surface area contributed by atoms with Crippen molar-refractivity contribution in [1.82, 2.24) is 10.2 Å². The van der Waals surface area contributed by atoms with E-state index in [1.165, 1.54) is 12.1 Å². The van der Waals surface area contributed by atoms with Gasteiger partial charge in [0.1, 0.15) is 11.5 Å². The molecule has 0 aliphatic rings. The Balaban J connectivity index is 2.42. The second-order valence-electron chi connectivity index (χ2n) is 3.44. The summed E-state index contributed by atoms with van der Waals surface area (Å²) in [4.78, 5) is 10.6. The first kappa shape index (κ1) is 10.4. The predicted molar refractivity (Wildman–Crippen MR) is 55.7 cm³/mol. The molecule has 0 saturated carbocycles. The number of carboxylic acids is 1. The summed E-state index contributed by atoms with van der Waals surface area (Å²) in [5, 5.41) is 14.9. The van der Waals surface area contributed by atoms with Gasteiger partial charge >= 0.3 is 5.97 Å². The largest absolute Gasteiger partial charge is 0.477 e. The molecule has 0 spiro atoms. The van der Waals surface area contributed by atoms with E-state index in [-0.39, 0.29) is 11.5 Å². The van der Waals surface area contributed by atoms with Crippen molar-refractivity contribution >= 4 is 5.97 Å². The molecule has 0 fully saturated rings. The highest BCUT2D eigenvalue weighted by atomic mass is 19.1. The van der Waals surface area contributed by atoms with Crippen LogP contribution in [0.2, 0.25) is 0 Å². The maximum absolute atomic E-state index is 13.3. The van der Waals surface area contributed by atoms with Crippen LogP contribution in [-0.4, -0.2) is 21.3 Å². The Morgan fingerprint density at radius 1 is 1.44 bits per heavy atom. The molecule has 5 heteroatoms. The normalized spacial score (nSPS) is 10.4. The Morgan fingerprint density at radius 2 is 2.19 bits per heavy atom. The molecular weight excluding hydrogens is 211 g/mol. The summed E-state index contributed by atoms with van der Waals surface area (Å²) in [5.74, 6) is -1.43. The fourth-order valence-electron chi connectivity index (χ4n) is 1.33. The number of carbonyl (C=O) groups is 1. The highest BCUT2D eigenvalue weighted by Gasteiger charge is 2.10. The van der Waals surface area contributed by atoms with Gasteiger partial charge in [0.2, 0.25) is 0 Å². The number of halogens is 1. The van der Waals surface area contributed by atoms with E-state index in [2.05, 4.69) is 10.2 Å². The van der Waals surface area contributed by atoms with Crippen LogP contribution in [0.25, 0.3) is 11.3 Å². The van der Waals surface area contributed by atoms with Crippen LogP contribution in [0.5, 0.6) is 0 Å². The number of H-pyrrole nitrogens is 1. The molecule has 1 aromatic carbocycles. The zero-order chi connectivity index (χ0) is 11.7. The van der Waals surface area contributed by atoms with E-state index in [0.717, 1.165) is 0 Å². The third kappa shape index (κ3) is 1.79. The van der Waals surface area contributed by atoms with Crippen molar-refractivity contribution in [2.45, 2.75) is 6.92 Å². The van der Waals surface area contributed by atoms with E-state index in [0.29, 0.717) is 16.8 Å². The Kier molecular flexibility index (Phi) is 2.44. The standard InChI is InChI=1S/C11H9FN2O2/c1-6-2-3-7(4-8(6)12)9-5-10(11(15)16)14-13-9/h2-5H,1H3,(H,13,14)(H,15,16). The van der Waals surface area contributed by atoms with Gasteiger partial charge in [-0.25, -0.2) is 9.18 Å². The summed E-state index contributed by atoms with van der Waals surface area (Å²) in [5.41, 5.74) is 1.48. The minimum absolute atomic E-state index is 0.0176. The number of aromatic nitrogens is 2. The summed E-state index contributed by atoms with van der Waals surface area (Å²) in [6, 6.07) is 6.02. The number of aromatic carboxylic acids is 1. The van der Waals surface area contributed by atoms with Gasteiger partial charge in [-0.2, -0.15) is 5.10 Å². The third-order valence-corrected chi connectivity index (χ3v) is 2.28. The average molecular weight is 220 g/mol. The molecule has 2 N–H and O–H groups in total. The molecule has 16 heavy (non-hydrogen) atoms. The smallest absolute Gasteiger partial charge is 0.353 e. The van der Waals surface area contributed by atoms with Gasteiger partial charge in [0.15, 0.2) is 0 Å². The second-order valence-corrected chi connectivity index (χ2v) is 3.44. The Labute approximate surface area is 90.7 Å². The van der Waals surface area contributed by atoms with Crippen LogP contribution in [0.15, 0.2) is 24.3 Å². The van der Waals surface area contributed by atoms with E-state index in [4.69, 9.17) is 5.11 Å². The number of aryl methyl sites for hydroxylation is 1. The quantitative estimate of drug-likeness (QED) is 0.815. The van der Waals surface area contributed by atoms with E-state index in [9.17, 15) is 9.18 Å². The maximum atomic E-state index is 13.3. The lowest BCUT2D eigenvalue weighted by atomic mass is 10.1. The number of rotatable bonds is 2. The SMILES string of the molecule is Cc1ccc(-c2cc(C(=O)O)[nH]n2)cc1F. The van der Waals surface area contributed by atoms with Crippen LogP contribution in [0.3, 0.4) is 0 Å².